The van der Waals surface area contributed by atoms with Gasteiger partial charge < -0.3 is 9.84 Å². The lowest BCUT2D eigenvalue weighted by molar-refractivity contribution is -0.132. The molecule has 1 aliphatic heterocycles. The predicted octanol–water partition coefficient (Wildman–Crippen LogP) is 5.31. The molecule has 4 rings (SSSR count). The van der Waals surface area contributed by atoms with Gasteiger partial charge >= 0.3 is 0 Å². The van der Waals surface area contributed by atoms with Crippen LogP contribution in [0.3, 0.4) is 0 Å². The number of amides is 1. The monoisotopic (exact) mass is 433 g/mol. The second-order valence-corrected chi connectivity index (χ2v) is 8.64. The van der Waals surface area contributed by atoms with Gasteiger partial charge in [0.2, 0.25) is 0 Å². The Bertz CT molecular complexity index is 1210. The van der Waals surface area contributed by atoms with Gasteiger partial charge in [0.05, 0.1) is 12.7 Å². The highest BCUT2D eigenvalue weighted by Crippen LogP contribution is 2.44. The summed E-state index contributed by atoms with van der Waals surface area (Å²) in [5.74, 6) is -0.835. The molecule has 6 heteroatoms. The zero-order chi connectivity index (χ0) is 22.3. The van der Waals surface area contributed by atoms with Crippen molar-refractivity contribution in [3.63, 3.8) is 0 Å². The number of ketones is 1. The van der Waals surface area contributed by atoms with Crippen LogP contribution in [-0.2, 0) is 9.59 Å². The molecule has 1 amide bonds. The molecule has 158 valence electrons. The second-order valence-electron chi connectivity index (χ2n) is 7.66. The fourth-order valence-electron chi connectivity index (χ4n) is 4.05. The lowest BCUT2D eigenvalue weighted by atomic mass is 9.98. The van der Waals surface area contributed by atoms with E-state index in [1.807, 2.05) is 56.5 Å². The van der Waals surface area contributed by atoms with E-state index < -0.39 is 17.7 Å². The maximum absolute atomic E-state index is 13.2. The van der Waals surface area contributed by atoms with Crippen LogP contribution in [0.1, 0.15) is 33.2 Å². The number of hydrogen-bond donors (Lipinski definition) is 1. The summed E-state index contributed by atoms with van der Waals surface area (Å²) in [5.41, 5.74) is 4.01. The van der Waals surface area contributed by atoms with Crippen LogP contribution >= 0.6 is 11.3 Å². The SMILES string of the molecule is COc1ccc(/C(O)=C2/C(=O)C(=O)N(c3ccc(C)cc3C)C2c2cccs2)cc1C. The van der Waals surface area contributed by atoms with Gasteiger partial charge in [0.25, 0.3) is 11.7 Å². The van der Waals surface area contributed by atoms with Gasteiger partial charge in [-0.1, -0.05) is 23.8 Å². The number of rotatable bonds is 4. The van der Waals surface area contributed by atoms with Crippen LogP contribution in [0.25, 0.3) is 5.76 Å². The number of benzene rings is 2. The van der Waals surface area contributed by atoms with Crippen LogP contribution in [0.15, 0.2) is 59.5 Å². The number of aliphatic hydroxyl groups excluding tert-OH is 1. The molecule has 0 radical (unpaired) electrons. The van der Waals surface area contributed by atoms with Gasteiger partial charge in [-0.3, -0.25) is 14.5 Å². The molecular formula is C25H23NO4S. The minimum atomic E-state index is -0.691. The van der Waals surface area contributed by atoms with E-state index in [0.717, 1.165) is 21.6 Å². The van der Waals surface area contributed by atoms with Crippen molar-refractivity contribution in [2.24, 2.45) is 0 Å². The van der Waals surface area contributed by atoms with Crippen molar-refractivity contribution < 1.29 is 19.4 Å². The number of nitrogens with zero attached hydrogens (tertiary/aromatic N) is 1. The molecule has 1 saturated heterocycles. The van der Waals surface area contributed by atoms with Gasteiger partial charge in [-0.05, 0) is 67.6 Å². The third-order valence-electron chi connectivity index (χ3n) is 5.54. The first-order valence-electron chi connectivity index (χ1n) is 9.90. The van der Waals surface area contributed by atoms with E-state index in [-0.39, 0.29) is 11.3 Å². The molecule has 0 spiro atoms. The van der Waals surface area contributed by atoms with Crippen LogP contribution in [0.4, 0.5) is 5.69 Å². The van der Waals surface area contributed by atoms with Crippen molar-refractivity contribution in [1.29, 1.82) is 0 Å². The van der Waals surface area contributed by atoms with Gasteiger partial charge in [0, 0.05) is 16.1 Å². The fraction of sp³-hybridized carbons (Fsp3) is 0.200. The van der Waals surface area contributed by atoms with E-state index in [9.17, 15) is 14.7 Å². The Morgan fingerprint density at radius 3 is 2.42 bits per heavy atom. The summed E-state index contributed by atoms with van der Waals surface area (Å²) in [5, 5.41) is 13.1. The zero-order valence-corrected chi connectivity index (χ0v) is 18.6. The number of ether oxygens (including phenoxy) is 1. The number of anilines is 1. The van der Waals surface area contributed by atoms with Crippen LogP contribution in [0, 0.1) is 20.8 Å². The molecule has 1 atom stereocenters. The van der Waals surface area contributed by atoms with Crippen molar-refractivity contribution >= 4 is 34.5 Å². The number of methoxy groups -OCH3 is 1. The fourth-order valence-corrected chi connectivity index (χ4v) is 4.88. The largest absolute Gasteiger partial charge is 0.507 e. The molecule has 3 aromatic rings. The minimum Gasteiger partial charge on any atom is -0.507 e. The zero-order valence-electron chi connectivity index (χ0n) is 17.8. The Labute approximate surface area is 185 Å². The smallest absolute Gasteiger partial charge is 0.300 e. The summed E-state index contributed by atoms with van der Waals surface area (Å²) < 4.78 is 5.30. The molecule has 1 fully saturated rings. The number of thiophene rings is 1. The average Bonchev–Trinajstić information content (AvgIpc) is 3.35. The Hall–Kier alpha value is -3.38. The molecule has 5 nitrogen and oxygen atoms in total. The molecule has 0 saturated carbocycles. The summed E-state index contributed by atoms with van der Waals surface area (Å²) in [6.45, 7) is 5.76. The van der Waals surface area contributed by atoms with Crippen molar-refractivity contribution in [3.05, 3.63) is 86.6 Å². The van der Waals surface area contributed by atoms with Crippen molar-refractivity contribution in [1.82, 2.24) is 0 Å². The summed E-state index contributed by atoms with van der Waals surface area (Å²) in [4.78, 5) is 28.7. The summed E-state index contributed by atoms with van der Waals surface area (Å²) >= 11 is 1.45. The summed E-state index contributed by atoms with van der Waals surface area (Å²) in [6, 6.07) is 14.0. The normalized spacial score (nSPS) is 17.9. The highest BCUT2D eigenvalue weighted by atomic mass is 32.1. The number of carbonyl (C=O) groups is 2. The number of hydrogen-bond acceptors (Lipinski definition) is 5. The summed E-state index contributed by atoms with van der Waals surface area (Å²) in [6.07, 6.45) is 0. The molecular weight excluding hydrogens is 410 g/mol. The third-order valence-corrected chi connectivity index (χ3v) is 6.46. The maximum atomic E-state index is 13.2. The molecule has 2 aromatic carbocycles. The molecule has 1 unspecified atom stereocenters. The molecule has 0 bridgehead atoms. The van der Waals surface area contributed by atoms with Crippen molar-refractivity contribution in [3.8, 4) is 5.75 Å². The molecule has 1 N–H and O–H groups in total. The van der Waals surface area contributed by atoms with E-state index in [1.165, 1.54) is 16.2 Å². The highest BCUT2D eigenvalue weighted by Gasteiger charge is 2.47. The molecule has 0 aliphatic carbocycles. The molecule has 31 heavy (non-hydrogen) atoms. The Balaban J connectivity index is 1.93. The number of Topliss-reactive ketones (excluding diaryl/α,β-unsaturated/α-hetero) is 1. The van der Waals surface area contributed by atoms with Crippen molar-refractivity contribution in [2.75, 3.05) is 12.0 Å². The Morgan fingerprint density at radius 2 is 1.81 bits per heavy atom. The quantitative estimate of drug-likeness (QED) is 0.344. The minimum absolute atomic E-state index is 0.0944. The number of aliphatic hydroxyl groups is 1. The lowest BCUT2D eigenvalue weighted by Crippen LogP contribution is -2.29. The van der Waals surface area contributed by atoms with E-state index in [0.29, 0.717) is 17.0 Å². The van der Waals surface area contributed by atoms with Gasteiger partial charge in [-0.15, -0.1) is 11.3 Å². The Morgan fingerprint density at radius 1 is 1.03 bits per heavy atom. The van der Waals surface area contributed by atoms with Crippen molar-refractivity contribution in [2.45, 2.75) is 26.8 Å². The van der Waals surface area contributed by atoms with Gasteiger partial charge in [-0.25, -0.2) is 0 Å². The first kappa shape index (κ1) is 20.9. The molecule has 1 aliphatic rings. The Kier molecular flexibility index (Phi) is 5.41. The van der Waals surface area contributed by atoms with E-state index in [4.69, 9.17) is 4.74 Å². The van der Waals surface area contributed by atoms with E-state index >= 15 is 0 Å². The average molecular weight is 434 g/mol. The first-order chi connectivity index (χ1) is 14.8. The number of aryl methyl sites for hydroxylation is 3. The molecule has 1 aromatic heterocycles. The van der Waals surface area contributed by atoms with E-state index in [2.05, 4.69) is 0 Å². The lowest BCUT2D eigenvalue weighted by Gasteiger charge is -2.26. The van der Waals surface area contributed by atoms with Crippen LogP contribution in [0.2, 0.25) is 0 Å². The van der Waals surface area contributed by atoms with Crippen LogP contribution in [-0.4, -0.2) is 23.9 Å². The van der Waals surface area contributed by atoms with Gasteiger partial charge in [0.1, 0.15) is 17.6 Å². The first-order valence-corrected chi connectivity index (χ1v) is 10.8. The van der Waals surface area contributed by atoms with Crippen LogP contribution < -0.4 is 9.64 Å². The van der Waals surface area contributed by atoms with Gasteiger partial charge in [-0.2, -0.15) is 0 Å². The number of carbonyl (C=O) groups excluding carboxylic acids is 2. The second kappa shape index (κ2) is 8.04. The standard InChI is InChI=1S/C25H23NO4S/c1-14-7-9-18(15(2)12-14)26-22(20-6-5-11-31-20)21(24(28)25(26)29)23(27)17-8-10-19(30-4)16(3)13-17/h5-13,22,27H,1-4H3/b23-21-. The maximum Gasteiger partial charge on any atom is 0.300 e. The predicted molar refractivity (Wildman–Crippen MR) is 123 cm³/mol. The van der Waals surface area contributed by atoms with Crippen LogP contribution in [0.5, 0.6) is 5.75 Å². The highest BCUT2D eigenvalue weighted by molar-refractivity contribution is 7.10. The molecule has 2 heterocycles. The van der Waals surface area contributed by atoms with Gasteiger partial charge in [0.15, 0.2) is 0 Å². The third kappa shape index (κ3) is 3.53. The summed E-state index contributed by atoms with van der Waals surface area (Å²) in [7, 11) is 1.58. The van der Waals surface area contributed by atoms with E-state index in [1.54, 1.807) is 25.3 Å². The topological polar surface area (TPSA) is 66.8 Å².